The van der Waals surface area contributed by atoms with Gasteiger partial charge in [0.05, 0.1) is 12.6 Å². The molecule has 0 spiro atoms. The summed E-state index contributed by atoms with van der Waals surface area (Å²) >= 11 is 0. The number of nitrogens with one attached hydrogen (secondary N) is 2. The van der Waals surface area contributed by atoms with Crippen molar-refractivity contribution in [2.24, 2.45) is 5.73 Å². The summed E-state index contributed by atoms with van der Waals surface area (Å²) in [5.41, 5.74) is 4.88. The second kappa shape index (κ2) is 10.9. The van der Waals surface area contributed by atoms with Crippen molar-refractivity contribution in [1.29, 1.82) is 0 Å². The highest BCUT2D eigenvalue weighted by Gasteiger charge is 2.35. The van der Waals surface area contributed by atoms with E-state index in [9.17, 15) is 34.8 Å². The highest BCUT2D eigenvalue weighted by Crippen LogP contribution is 2.07. The van der Waals surface area contributed by atoms with E-state index < -0.39 is 54.8 Å². The lowest BCUT2D eigenvalue weighted by molar-refractivity contribution is -0.150. The molecular weight excluding hydrogens is 326 g/mol. The van der Waals surface area contributed by atoms with Gasteiger partial charge in [-0.1, -0.05) is 0 Å². The lowest BCUT2D eigenvalue weighted by atomic mass is 10.0. The highest BCUT2D eigenvalue weighted by atomic mass is 16.4. The van der Waals surface area contributed by atoms with Crippen LogP contribution in [0.1, 0.15) is 19.8 Å². The van der Waals surface area contributed by atoms with Gasteiger partial charge in [0.25, 0.3) is 5.91 Å². The molecule has 0 fully saturated rings. The molecule has 11 nitrogen and oxygen atoms in total. The van der Waals surface area contributed by atoms with Gasteiger partial charge in [-0.25, -0.2) is 4.79 Å². The van der Waals surface area contributed by atoms with Crippen LogP contribution >= 0.6 is 0 Å². The number of nitrogens with two attached hydrogens (primary N) is 1. The molecule has 0 rings (SSSR count). The van der Waals surface area contributed by atoms with Crippen LogP contribution in [0, 0.1) is 0 Å². The molecule has 0 aliphatic heterocycles. The van der Waals surface area contributed by atoms with Crippen molar-refractivity contribution in [2.45, 2.75) is 50.2 Å². The minimum absolute atomic E-state index is 0.145. The van der Waals surface area contributed by atoms with Crippen molar-refractivity contribution >= 4 is 17.7 Å². The largest absolute Gasteiger partial charge is 0.394 e. The summed E-state index contributed by atoms with van der Waals surface area (Å²) in [5.74, 6) is -1.55. The zero-order valence-electron chi connectivity index (χ0n) is 13.3. The summed E-state index contributed by atoms with van der Waals surface area (Å²) in [6.07, 6.45) is -7.41. The van der Waals surface area contributed by atoms with Crippen LogP contribution in [0.3, 0.4) is 0 Å². The molecule has 5 atom stereocenters. The quantitative estimate of drug-likeness (QED) is 0.172. The van der Waals surface area contributed by atoms with Gasteiger partial charge in [-0.3, -0.25) is 9.59 Å². The number of aliphatic hydroxyl groups is 5. The fraction of sp³-hybridized carbons (Fsp3) is 0.769. The van der Waals surface area contributed by atoms with Gasteiger partial charge in [0.15, 0.2) is 11.9 Å². The molecule has 24 heavy (non-hydrogen) atoms. The van der Waals surface area contributed by atoms with E-state index in [0.29, 0.717) is 6.42 Å². The number of rotatable bonds is 11. The number of aliphatic hydroxyl groups excluding tert-OH is 5. The van der Waals surface area contributed by atoms with Crippen molar-refractivity contribution in [3.05, 3.63) is 0 Å². The number of carbonyl (C=O) groups excluding carboxylic acids is 3. The lowest BCUT2D eigenvalue weighted by Gasteiger charge is -2.26. The van der Waals surface area contributed by atoms with Crippen LogP contribution in [0.15, 0.2) is 0 Å². The van der Waals surface area contributed by atoms with Crippen LogP contribution < -0.4 is 16.4 Å². The summed E-state index contributed by atoms with van der Waals surface area (Å²) < 4.78 is 0. The Hall–Kier alpha value is -1.79. The van der Waals surface area contributed by atoms with E-state index in [1.165, 1.54) is 6.92 Å². The lowest BCUT2D eigenvalue weighted by Crippen LogP contribution is -2.54. The van der Waals surface area contributed by atoms with Gasteiger partial charge in [-0.2, -0.15) is 0 Å². The van der Waals surface area contributed by atoms with Gasteiger partial charge in [-0.05, 0) is 19.8 Å². The molecule has 0 saturated carbocycles. The molecule has 0 unspecified atom stereocenters. The predicted molar refractivity (Wildman–Crippen MR) is 80.5 cm³/mol. The summed E-state index contributed by atoms with van der Waals surface area (Å²) in [5, 5.41) is 51.1. The monoisotopic (exact) mass is 351 g/mol. The summed E-state index contributed by atoms with van der Waals surface area (Å²) in [6.45, 7) is 0.511. The molecule has 9 N–H and O–H groups in total. The van der Waals surface area contributed by atoms with Crippen LogP contribution in [0.4, 0.5) is 4.79 Å². The van der Waals surface area contributed by atoms with Crippen molar-refractivity contribution in [3.63, 3.8) is 0 Å². The fourth-order valence-electron chi connectivity index (χ4n) is 1.83. The Morgan fingerprint density at radius 2 is 1.67 bits per heavy atom. The predicted octanol–water partition coefficient (Wildman–Crippen LogP) is -4.06. The average molecular weight is 351 g/mol. The molecule has 0 bridgehead atoms. The molecule has 0 radical (unpaired) electrons. The van der Waals surface area contributed by atoms with E-state index in [0.717, 1.165) is 0 Å². The van der Waals surface area contributed by atoms with Crippen LogP contribution in [0.2, 0.25) is 0 Å². The first-order valence-electron chi connectivity index (χ1n) is 7.29. The Morgan fingerprint density at radius 1 is 1.08 bits per heavy atom. The van der Waals surface area contributed by atoms with Crippen molar-refractivity contribution in [2.75, 3.05) is 13.2 Å². The molecule has 11 heteroatoms. The number of primary amides is 1. The number of amides is 3. The molecule has 0 aromatic heterocycles. The van der Waals surface area contributed by atoms with Crippen LogP contribution in [0.5, 0.6) is 0 Å². The second-order valence-electron chi connectivity index (χ2n) is 5.28. The number of urea groups is 1. The average Bonchev–Trinajstić information content (AvgIpc) is 2.53. The molecule has 3 amide bonds. The Balaban J connectivity index is 4.59. The number of hydrogen-bond acceptors (Lipinski definition) is 8. The zero-order chi connectivity index (χ0) is 18.9. The number of ketones is 1. The molecule has 0 aliphatic rings. The highest BCUT2D eigenvalue weighted by molar-refractivity contribution is 5.89. The Labute approximate surface area is 138 Å². The maximum atomic E-state index is 11.8. The SMILES string of the molecule is CC(=O)[C@H](CCCNC(N)=O)NC(=O)[C@@H](O)[C@@H](O)[C@@H](O)[C@@H](O)CO. The summed E-state index contributed by atoms with van der Waals surface area (Å²) in [6, 6.07) is -1.71. The third kappa shape index (κ3) is 7.66. The minimum atomic E-state index is -2.12. The normalized spacial score (nSPS) is 17.2. The number of carbonyl (C=O) groups is 3. The molecular formula is C13H25N3O8. The van der Waals surface area contributed by atoms with Gasteiger partial charge in [0.2, 0.25) is 0 Å². The van der Waals surface area contributed by atoms with Crippen LogP contribution in [-0.2, 0) is 9.59 Å². The molecule has 0 aromatic carbocycles. The standard InChI is InChI=1S/C13H25N3O8/c1-6(18)7(3-2-4-15-13(14)24)16-12(23)11(22)10(21)9(20)8(19)5-17/h7-11,17,19-22H,2-5H2,1H3,(H,16,23)(H3,14,15,24)/t7-,8-,9-,10-,11-/m0/s1. The molecule has 0 saturated heterocycles. The topological polar surface area (TPSA) is 202 Å². The molecule has 0 aromatic rings. The van der Waals surface area contributed by atoms with E-state index in [1.807, 2.05) is 0 Å². The van der Waals surface area contributed by atoms with Gasteiger partial charge >= 0.3 is 6.03 Å². The van der Waals surface area contributed by atoms with E-state index in [2.05, 4.69) is 10.6 Å². The Bertz CT molecular complexity index is 433. The first kappa shape index (κ1) is 22.2. The second-order valence-corrected chi connectivity index (χ2v) is 5.28. The van der Waals surface area contributed by atoms with E-state index in [1.54, 1.807) is 0 Å². The summed E-state index contributed by atoms with van der Waals surface area (Å²) in [7, 11) is 0. The Morgan fingerprint density at radius 3 is 2.12 bits per heavy atom. The maximum Gasteiger partial charge on any atom is 0.312 e. The molecule has 0 aliphatic carbocycles. The van der Waals surface area contributed by atoms with E-state index in [-0.39, 0.29) is 13.0 Å². The summed E-state index contributed by atoms with van der Waals surface area (Å²) in [4.78, 5) is 33.8. The van der Waals surface area contributed by atoms with Crippen molar-refractivity contribution in [3.8, 4) is 0 Å². The van der Waals surface area contributed by atoms with E-state index >= 15 is 0 Å². The van der Waals surface area contributed by atoms with Gasteiger partial charge in [0, 0.05) is 6.54 Å². The van der Waals surface area contributed by atoms with Crippen LogP contribution in [-0.4, -0.2) is 86.9 Å². The van der Waals surface area contributed by atoms with E-state index in [4.69, 9.17) is 10.8 Å². The van der Waals surface area contributed by atoms with Gasteiger partial charge in [0.1, 0.15) is 18.3 Å². The smallest absolute Gasteiger partial charge is 0.312 e. The number of hydrogen-bond donors (Lipinski definition) is 8. The van der Waals surface area contributed by atoms with Crippen molar-refractivity contribution in [1.82, 2.24) is 10.6 Å². The molecule has 140 valence electrons. The third-order valence-corrected chi connectivity index (χ3v) is 3.30. The first-order valence-corrected chi connectivity index (χ1v) is 7.29. The Kier molecular flexibility index (Phi) is 10.1. The fourth-order valence-corrected chi connectivity index (χ4v) is 1.83. The number of Topliss-reactive ketones (excluding diaryl/α,β-unsaturated/α-hetero) is 1. The van der Waals surface area contributed by atoms with Gasteiger partial charge < -0.3 is 41.9 Å². The first-order chi connectivity index (χ1) is 11.1. The van der Waals surface area contributed by atoms with Crippen molar-refractivity contribution < 1.29 is 39.9 Å². The van der Waals surface area contributed by atoms with Crippen LogP contribution in [0.25, 0.3) is 0 Å². The maximum absolute atomic E-state index is 11.8. The van der Waals surface area contributed by atoms with Gasteiger partial charge in [-0.15, -0.1) is 0 Å². The zero-order valence-corrected chi connectivity index (χ0v) is 13.3. The third-order valence-electron chi connectivity index (χ3n) is 3.30. The minimum Gasteiger partial charge on any atom is -0.394 e. The molecule has 0 heterocycles.